The van der Waals surface area contributed by atoms with Gasteiger partial charge in [-0.25, -0.2) is 0 Å². The minimum atomic E-state index is -0.867. The zero-order chi connectivity index (χ0) is 13.5. The van der Waals surface area contributed by atoms with Gasteiger partial charge in [0.1, 0.15) is 0 Å². The summed E-state index contributed by atoms with van der Waals surface area (Å²) in [6.07, 6.45) is 3.47. The van der Waals surface area contributed by atoms with Gasteiger partial charge in [0.2, 0.25) is 0 Å². The Kier molecular flexibility index (Phi) is 3.07. The molecule has 19 heavy (non-hydrogen) atoms. The van der Waals surface area contributed by atoms with Gasteiger partial charge in [-0.05, 0) is 18.9 Å². The molecule has 3 N–H and O–H groups in total. The summed E-state index contributed by atoms with van der Waals surface area (Å²) in [6.45, 7) is 2.12. The van der Waals surface area contributed by atoms with Crippen LogP contribution >= 0.6 is 0 Å². The lowest BCUT2D eigenvalue weighted by Gasteiger charge is -2.40. The highest BCUT2D eigenvalue weighted by Crippen LogP contribution is 2.46. The molecule has 2 aliphatic heterocycles. The van der Waals surface area contributed by atoms with Crippen LogP contribution in [0.3, 0.4) is 0 Å². The van der Waals surface area contributed by atoms with Crippen LogP contribution in [0, 0.1) is 0 Å². The highest BCUT2D eigenvalue weighted by molar-refractivity contribution is 6.05. The predicted molar refractivity (Wildman–Crippen MR) is 73.7 cm³/mol. The highest BCUT2D eigenvalue weighted by atomic mass is 16.5. The second kappa shape index (κ2) is 4.62. The Morgan fingerprint density at radius 1 is 1.47 bits per heavy atom. The average Bonchev–Trinajstić information content (AvgIpc) is 2.62. The molecule has 4 heteroatoms. The van der Waals surface area contributed by atoms with Crippen LogP contribution in [0.15, 0.2) is 24.3 Å². The lowest BCUT2D eigenvalue weighted by molar-refractivity contribution is -0.165. The number of nitrogens with one attached hydrogen (secondary N) is 1. The van der Waals surface area contributed by atoms with Gasteiger partial charge in [-0.3, -0.25) is 4.79 Å². The molecule has 2 heterocycles. The Morgan fingerprint density at radius 2 is 2.26 bits per heavy atom. The molecule has 3 rings (SSSR count). The predicted octanol–water partition coefficient (Wildman–Crippen LogP) is 2.14. The third-order valence-electron chi connectivity index (χ3n) is 4.07. The maximum atomic E-state index is 12.4. The fourth-order valence-electron chi connectivity index (χ4n) is 3.28. The van der Waals surface area contributed by atoms with Gasteiger partial charge in [0.25, 0.3) is 5.91 Å². The fraction of sp³-hybridized carbons (Fsp3) is 0.533. The number of hydrogen-bond donors (Lipinski definition) is 2. The van der Waals surface area contributed by atoms with E-state index in [1.165, 1.54) is 0 Å². The summed E-state index contributed by atoms with van der Waals surface area (Å²) in [7, 11) is 0. The molecule has 1 spiro atoms. The van der Waals surface area contributed by atoms with Crippen molar-refractivity contribution in [3.63, 3.8) is 0 Å². The van der Waals surface area contributed by atoms with Crippen LogP contribution in [0.2, 0.25) is 0 Å². The minimum absolute atomic E-state index is 0.0159. The van der Waals surface area contributed by atoms with E-state index in [0.717, 1.165) is 30.5 Å². The molecule has 1 fully saturated rings. The number of anilines is 1. The first-order chi connectivity index (χ1) is 9.15. The summed E-state index contributed by atoms with van der Waals surface area (Å²) in [6, 6.07) is 7.76. The number of carbonyl (C=O) groups is 1. The van der Waals surface area contributed by atoms with E-state index < -0.39 is 5.60 Å². The first-order valence-corrected chi connectivity index (χ1v) is 7.00. The molecule has 0 unspecified atom stereocenters. The number of para-hydroxylation sites is 1. The Balaban J connectivity index is 1.99. The van der Waals surface area contributed by atoms with Crippen LogP contribution in [0.5, 0.6) is 0 Å². The molecular weight excluding hydrogens is 240 g/mol. The topological polar surface area (TPSA) is 64.3 Å². The Hall–Kier alpha value is -1.39. The van der Waals surface area contributed by atoms with E-state index >= 15 is 0 Å². The number of ether oxygens (including phenoxy) is 1. The number of benzene rings is 1. The fourth-order valence-corrected chi connectivity index (χ4v) is 3.28. The van der Waals surface area contributed by atoms with E-state index in [-0.39, 0.29) is 18.1 Å². The second-order valence-electron chi connectivity index (χ2n) is 5.56. The molecule has 0 aromatic heterocycles. The number of amides is 1. The lowest BCUT2D eigenvalue weighted by Crippen LogP contribution is -2.50. The molecule has 1 amide bonds. The van der Waals surface area contributed by atoms with Crippen LogP contribution in [-0.2, 0) is 15.1 Å². The quantitative estimate of drug-likeness (QED) is 0.856. The summed E-state index contributed by atoms with van der Waals surface area (Å²) < 4.78 is 6.19. The van der Waals surface area contributed by atoms with Crippen molar-refractivity contribution in [2.24, 2.45) is 5.73 Å². The first-order valence-electron chi connectivity index (χ1n) is 7.00. The summed E-state index contributed by atoms with van der Waals surface area (Å²) >= 11 is 0. The Bertz CT molecular complexity index is 503. The van der Waals surface area contributed by atoms with Crippen LogP contribution in [0.4, 0.5) is 5.69 Å². The molecule has 0 saturated carbocycles. The van der Waals surface area contributed by atoms with Gasteiger partial charge in [-0.1, -0.05) is 31.5 Å². The molecule has 2 aliphatic rings. The highest BCUT2D eigenvalue weighted by Gasteiger charge is 2.52. The third kappa shape index (κ3) is 1.95. The van der Waals surface area contributed by atoms with Gasteiger partial charge < -0.3 is 15.8 Å². The van der Waals surface area contributed by atoms with Crippen molar-refractivity contribution in [2.45, 2.75) is 50.4 Å². The molecular formula is C15H20N2O2. The van der Waals surface area contributed by atoms with Crippen LogP contribution in [0.1, 0.15) is 38.2 Å². The van der Waals surface area contributed by atoms with Gasteiger partial charge >= 0.3 is 0 Å². The molecule has 102 valence electrons. The summed E-state index contributed by atoms with van der Waals surface area (Å²) in [5, 5.41) is 2.92. The third-order valence-corrected chi connectivity index (χ3v) is 4.07. The number of fused-ring (bicyclic) bond motifs is 2. The van der Waals surface area contributed by atoms with Crippen molar-refractivity contribution in [3.05, 3.63) is 29.8 Å². The van der Waals surface area contributed by atoms with Crippen LogP contribution < -0.4 is 11.1 Å². The van der Waals surface area contributed by atoms with E-state index in [2.05, 4.69) is 12.2 Å². The van der Waals surface area contributed by atoms with Crippen molar-refractivity contribution in [1.29, 1.82) is 0 Å². The summed E-state index contributed by atoms with van der Waals surface area (Å²) in [5.74, 6) is -0.0649. The van der Waals surface area contributed by atoms with E-state index in [4.69, 9.17) is 10.5 Å². The van der Waals surface area contributed by atoms with Crippen molar-refractivity contribution in [1.82, 2.24) is 0 Å². The minimum Gasteiger partial charge on any atom is -0.357 e. The van der Waals surface area contributed by atoms with Gasteiger partial charge in [-0.15, -0.1) is 0 Å². The van der Waals surface area contributed by atoms with Gasteiger partial charge in [-0.2, -0.15) is 0 Å². The number of nitrogens with two attached hydrogens (primary N) is 1. The van der Waals surface area contributed by atoms with Crippen LogP contribution in [0.25, 0.3) is 0 Å². The van der Waals surface area contributed by atoms with Crippen molar-refractivity contribution in [2.75, 3.05) is 5.32 Å². The normalized spacial score (nSPS) is 33.3. The average molecular weight is 260 g/mol. The number of rotatable bonds is 2. The molecule has 0 aliphatic carbocycles. The van der Waals surface area contributed by atoms with E-state index in [1.54, 1.807) is 0 Å². The lowest BCUT2D eigenvalue weighted by atomic mass is 9.83. The van der Waals surface area contributed by atoms with Crippen LogP contribution in [-0.4, -0.2) is 18.1 Å². The SMILES string of the molecule is CCC[C@@H]1C[C@@H](N)C[C@@]2(O1)C(=O)Nc1ccccc12. The van der Waals surface area contributed by atoms with Gasteiger partial charge in [0, 0.05) is 23.7 Å². The van der Waals surface area contributed by atoms with Crippen molar-refractivity contribution >= 4 is 11.6 Å². The second-order valence-corrected chi connectivity index (χ2v) is 5.56. The van der Waals surface area contributed by atoms with Gasteiger partial charge in [0.15, 0.2) is 5.60 Å². The zero-order valence-electron chi connectivity index (χ0n) is 11.2. The first kappa shape index (κ1) is 12.6. The largest absolute Gasteiger partial charge is 0.357 e. The summed E-state index contributed by atoms with van der Waals surface area (Å²) in [5.41, 5.74) is 7.10. The maximum absolute atomic E-state index is 12.4. The smallest absolute Gasteiger partial charge is 0.261 e. The molecule has 1 saturated heterocycles. The molecule has 0 radical (unpaired) electrons. The number of carbonyl (C=O) groups excluding carboxylic acids is 1. The monoisotopic (exact) mass is 260 g/mol. The molecule has 0 bridgehead atoms. The molecule has 4 nitrogen and oxygen atoms in total. The van der Waals surface area contributed by atoms with E-state index in [1.807, 2.05) is 24.3 Å². The molecule has 1 aromatic rings. The van der Waals surface area contributed by atoms with Crippen molar-refractivity contribution < 1.29 is 9.53 Å². The number of hydrogen-bond acceptors (Lipinski definition) is 3. The van der Waals surface area contributed by atoms with Gasteiger partial charge in [0.05, 0.1) is 6.10 Å². The van der Waals surface area contributed by atoms with Crippen molar-refractivity contribution in [3.8, 4) is 0 Å². The Morgan fingerprint density at radius 3 is 3.05 bits per heavy atom. The summed E-state index contributed by atoms with van der Waals surface area (Å²) in [4.78, 5) is 12.4. The molecule has 1 aromatic carbocycles. The Labute approximate surface area is 113 Å². The molecule has 3 atom stereocenters. The van der Waals surface area contributed by atoms with E-state index in [0.29, 0.717) is 6.42 Å². The standard InChI is InChI=1S/C15H20N2O2/c1-2-5-11-8-10(16)9-15(19-11)12-6-3-4-7-13(12)17-14(15)18/h3-4,6-7,10-11H,2,5,8-9,16H2,1H3,(H,17,18)/t10-,11-,15+/m1/s1. The zero-order valence-corrected chi connectivity index (χ0v) is 11.2. The van der Waals surface area contributed by atoms with E-state index in [9.17, 15) is 4.79 Å². The maximum Gasteiger partial charge on any atom is 0.261 e.